The lowest BCUT2D eigenvalue weighted by Crippen LogP contribution is -2.40. The number of fused-ring (bicyclic) bond motifs is 2. The van der Waals surface area contributed by atoms with E-state index in [1.54, 1.807) is 0 Å². The monoisotopic (exact) mass is 244 g/mol. The molecule has 0 aliphatic heterocycles. The number of rotatable bonds is 5. The first kappa shape index (κ1) is 12.8. The minimum Gasteiger partial charge on any atom is -0.463 e. The number of hydrogen-bond donors (Lipinski definition) is 2. The van der Waals surface area contributed by atoms with Crippen LogP contribution in [0.3, 0.4) is 0 Å². The molecule has 0 amide bonds. The second kappa shape index (κ2) is 5.33. The van der Waals surface area contributed by atoms with Crippen molar-refractivity contribution in [3.63, 3.8) is 0 Å². The molecule has 2 rings (SSSR count). The summed E-state index contributed by atoms with van der Waals surface area (Å²) in [6.45, 7) is 3.17. The zero-order valence-electron chi connectivity index (χ0n) is 10.0. The summed E-state index contributed by atoms with van der Waals surface area (Å²) in [6.07, 6.45) is -0.0603. The van der Waals surface area contributed by atoms with Gasteiger partial charge in [-0.1, -0.05) is 0 Å². The highest BCUT2D eigenvalue weighted by atomic mass is 16.6. The number of aliphatic hydroxyl groups excluding tert-OH is 2. The Kier molecular flexibility index (Phi) is 4.01. The number of hydrogen-bond acceptors (Lipinski definition) is 5. The topological polar surface area (TPSA) is 76.0 Å². The highest BCUT2D eigenvalue weighted by molar-refractivity contribution is 5.73. The third kappa shape index (κ3) is 2.46. The number of esters is 1. The Morgan fingerprint density at radius 1 is 1.24 bits per heavy atom. The van der Waals surface area contributed by atoms with Crippen molar-refractivity contribution in [2.75, 3.05) is 19.8 Å². The Balaban J connectivity index is 1.78. The van der Waals surface area contributed by atoms with Gasteiger partial charge in [-0.3, -0.25) is 4.79 Å². The summed E-state index contributed by atoms with van der Waals surface area (Å²) in [4.78, 5) is 11.8. The third-order valence-corrected chi connectivity index (χ3v) is 3.90. The van der Waals surface area contributed by atoms with E-state index >= 15 is 0 Å². The summed E-state index contributed by atoms with van der Waals surface area (Å²) >= 11 is 0. The van der Waals surface area contributed by atoms with E-state index in [1.165, 1.54) is 0 Å². The first-order valence-electron chi connectivity index (χ1n) is 6.25. The van der Waals surface area contributed by atoms with Crippen molar-refractivity contribution in [2.24, 2.45) is 17.8 Å². The van der Waals surface area contributed by atoms with Crippen LogP contribution in [0, 0.1) is 17.8 Å². The first-order chi connectivity index (χ1) is 8.15. The maximum Gasteiger partial charge on any atom is 0.309 e. The summed E-state index contributed by atoms with van der Waals surface area (Å²) in [5, 5.41) is 19.3. The fraction of sp³-hybridized carbons (Fsp3) is 0.917. The normalized spacial score (nSPS) is 39.6. The highest BCUT2D eigenvalue weighted by Gasteiger charge is 2.54. The lowest BCUT2D eigenvalue weighted by molar-refractivity contribution is -0.155. The van der Waals surface area contributed by atoms with E-state index in [-0.39, 0.29) is 30.3 Å². The van der Waals surface area contributed by atoms with Gasteiger partial charge >= 0.3 is 5.97 Å². The van der Waals surface area contributed by atoms with Crippen molar-refractivity contribution in [2.45, 2.75) is 32.0 Å². The summed E-state index contributed by atoms with van der Waals surface area (Å²) in [7, 11) is 0. The standard InChI is InChI=1S/C12H20O5/c1-2-16-3-4-17-12(15)9-6-7-5-8(9)11(14)10(7)13/h7-11,13-14H,2-6H2,1H3. The van der Waals surface area contributed by atoms with Crippen molar-refractivity contribution < 1.29 is 24.5 Å². The molecule has 0 aromatic heterocycles. The largest absolute Gasteiger partial charge is 0.463 e. The second-order valence-corrected chi connectivity index (χ2v) is 4.85. The van der Waals surface area contributed by atoms with Gasteiger partial charge in [0.05, 0.1) is 24.7 Å². The van der Waals surface area contributed by atoms with E-state index in [0.717, 1.165) is 6.42 Å². The Bertz CT molecular complexity index is 278. The van der Waals surface area contributed by atoms with E-state index in [0.29, 0.717) is 19.6 Å². The van der Waals surface area contributed by atoms with Crippen LogP contribution in [0.4, 0.5) is 0 Å². The number of ether oxygens (including phenoxy) is 2. The molecule has 2 aliphatic rings. The van der Waals surface area contributed by atoms with Gasteiger partial charge in [0.1, 0.15) is 6.61 Å². The predicted octanol–water partition coefficient (Wildman–Crippen LogP) is -0.0561. The molecule has 5 atom stereocenters. The molecule has 98 valence electrons. The van der Waals surface area contributed by atoms with Crippen molar-refractivity contribution in [3.8, 4) is 0 Å². The second-order valence-electron chi connectivity index (χ2n) is 4.85. The van der Waals surface area contributed by atoms with Gasteiger partial charge in [-0.15, -0.1) is 0 Å². The molecular weight excluding hydrogens is 224 g/mol. The van der Waals surface area contributed by atoms with Gasteiger partial charge in [0.2, 0.25) is 0 Å². The predicted molar refractivity (Wildman–Crippen MR) is 59.2 cm³/mol. The molecule has 2 fully saturated rings. The molecule has 5 nitrogen and oxygen atoms in total. The summed E-state index contributed by atoms with van der Waals surface area (Å²) in [5.41, 5.74) is 0. The molecular formula is C12H20O5. The van der Waals surface area contributed by atoms with Crippen LogP contribution in [-0.2, 0) is 14.3 Å². The van der Waals surface area contributed by atoms with Gasteiger partial charge in [0, 0.05) is 12.5 Å². The molecule has 0 radical (unpaired) electrons. The fourth-order valence-electron chi connectivity index (χ4n) is 3.02. The smallest absolute Gasteiger partial charge is 0.309 e. The van der Waals surface area contributed by atoms with Crippen LogP contribution < -0.4 is 0 Å². The molecule has 0 aromatic carbocycles. The van der Waals surface area contributed by atoms with Crippen LogP contribution in [0.1, 0.15) is 19.8 Å². The van der Waals surface area contributed by atoms with Crippen LogP contribution in [0.15, 0.2) is 0 Å². The SMILES string of the molecule is CCOCCOC(=O)C1CC2CC1C(O)C2O. The van der Waals surface area contributed by atoms with Gasteiger partial charge in [-0.05, 0) is 25.7 Å². The van der Waals surface area contributed by atoms with Crippen LogP contribution in [0.5, 0.6) is 0 Å². The van der Waals surface area contributed by atoms with E-state index in [1.807, 2.05) is 6.92 Å². The lowest BCUT2D eigenvalue weighted by Gasteiger charge is -2.28. The molecule has 2 bridgehead atoms. The average Bonchev–Trinajstić information content (AvgIpc) is 2.86. The third-order valence-electron chi connectivity index (χ3n) is 3.90. The number of aliphatic hydroxyl groups is 2. The Hall–Kier alpha value is -0.650. The molecule has 0 saturated heterocycles. The maximum absolute atomic E-state index is 11.8. The highest BCUT2D eigenvalue weighted by Crippen LogP contribution is 2.48. The Morgan fingerprint density at radius 3 is 2.59 bits per heavy atom. The summed E-state index contributed by atoms with van der Waals surface area (Å²) in [6, 6.07) is 0. The molecule has 17 heavy (non-hydrogen) atoms. The van der Waals surface area contributed by atoms with E-state index in [9.17, 15) is 15.0 Å². The van der Waals surface area contributed by atoms with Crippen molar-refractivity contribution in [3.05, 3.63) is 0 Å². The van der Waals surface area contributed by atoms with Gasteiger partial charge < -0.3 is 19.7 Å². The van der Waals surface area contributed by atoms with Gasteiger partial charge in [-0.25, -0.2) is 0 Å². The molecule has 0 aromatic rings. The Labute approximate surface area is 101 Å². The Morgan fingerprint density at radius 2 is 2.00 bits per heavy atom. The zero-order chi connectivity index (χ0) is 12.4. The molecule has 2 aliphatic carbocycles. The van der Waals surface area contributed by atoms with Gasteiger partial charge in [-0.2, -0.15) is 0 Å². The molecule has 5 heteroatoms. The number of carbonyl (C=O) groups is 1. The lowest BCUT2D eigenvalue weighted by atomic mass is 9.85. The summed E-state index contributed by atoms with van der Waals surface area (Å²) in [5.74, 6) is -0.586. The molecule has 0 spiro atoms. The van der Waals surface area contributed by atoms with E-state index < -0.39 is 12.2 Å². The van der Waals surface area contributed by atoms with E-state index in [4.69, 9.17) is 9.47 Å². The minimum atomic E-state index is -0.766. The van der Waals surface area contributed by atoms with Crippen LogP contribution in [-0.4, -0.2) is 48.2 Å². The maximum atomic E-state index is 11.8. The van der Waals surface area contributed by atoms with Gasteiger partial charge in [0.25, 0.3) is 0 Å². The molecule has 5 unspecified atom stereocenters. The average molecular weight is 244 g/mol. The van der Waals surface area contributed by atoms with E-state index in [2.05, 4.69) is 0 Å². The molecule has 2 saturated carbocycles. The fourth-order valence-corrected chi connectivity index (χ4v) is 3.02. The zero-order valence-corrected chi connectivity index (χ0v) is 10.0. The van der Waals surface area contributed by atoms with Crippen LogP contribution >= 0.6 is 0 Å². The first-order valence-corrected chi connectivity index (χ1v) is 6.25. The quantitative estimate of drug-likeness (QED) is 0.523. The molecule has 0 heterocycles. The van der Waals surface area contributed by atoms with Crippen molar-refractivity contribution >= 4 is 5.97 Å². The summed E-state index contributed by atoms with van der Waals surface area (Å²) < 4.78 is 10.2. The minimum absolute atomic E-state index is 0.0550. The van der Waals surface area contributed by atoms with Gasteiger partial charge in [0.15, 0.2) is 0 Å². The number of carbonyl (C=O) groups excluding carboxylic acids is 1. The molecule has 2 N–H and O–H groups in total. The van der Waals surface area contributed by atoms with Crippen molar-refractivity contribution in [1.82, 2.24) is 0 Å². The van der Waals surface area contributed by atoms with Crippen LogP contribution in [0.2, 0.25) is 0 Å². The van der Waals surface area contributed by atoms with Crippen LogP contribution in [0.25, 0.3) is 0 Å². The van der Waals surface area contributed by atoms with Crippen molar-refractivity contribution in [1.29, 1.82) is 0 Å².